The van der Waals surface area contributed by atoms with Gasteiger partial charge in [0.25, 0.3) is 5.91 Å². The molecule has 1 heterocycles. The van der Waals surface area contributed by atoms with E-state index in [2.05, 4.69) is 16.0 Å². The van der Waals surface area contributed by atoms with E-state index in [0.29, 0.717) is 5.02 Å². The fraction of sp³-hybridized carbons (Fsp3) is 0.182. The van der Waals surface area contributed by atoms with Crippen molar-refractivity contribution in [3.05, 3.63) is 82.8 Å². The maximum atomic E-state index is 13.5. The molecule has 0 saturated heterocycles. The van der Waals surface area contributed by atoms with Crippen LogP contribution >= 0.6 is 11.6 Å². The first kappa shape index (κ1) is 23.2. The van der Waals surface area contributed by atoms with Gasteiger partial charge in [-0.3, -0.25) is 9.59 Å². The van der Waals surface area contributed by atoms with Crippen molar-refractivity contribution in [2.45, 2.75) is 19.1 Å². The van der Waals surface area contributed by atoms with Gasteiger partial charge in [0.05, 0.1) is 24.4 Å². The van der Waals surface area contributed by atoms with E-state index >= 15 is 0 Å². The molecule has 3 aromatic rings. The Morgan fingerprint density at radius 1 is 1.09 bits per heavy atom. The molecule has 0 bridgehead atoms. The molecule has 2 amide bonds. The van der Waals surface area contributed by atoms with Crippen LogP contribution in [-0.4, -0.2) is 18.4 Å². The van der Waals surface area contributed by atoms with Crippen molar-refractivity contribution in [3.8, 4) is 0 Å². The Kier molecular flexibility index (Phi) is 7.09. The number of benzene rings is 2. The minimum atomic E-state index is -4.71. The fourth-order valence-corrected chi connectivity index (χ4v) is 3.04. The zero-order chi connectivity index (χ0) is 23.3. The van der Waals surface area contributed by atoms with Gasteiger partial charge >= 0.3 is 6.18 Å². The van der Waals surface area contributed by atoms with Crippen molar-refractivity contribution in [2.75, 3.05) is 17.2 Å². The highest BCUT2D eigenvalue weighted by atomic mass is 35.5. The van der Waals surface area contributed by atoms with Crippen LogP contribution in [0.3, 0.4) is 0 Å². The molecule has 1 aromatic heterocycles. The molecule has 0 radical (unpaired) electrons. The maximum absolute atomic E-state index is 13.5. The summed E-state index contributed by atoms with van der Waals surface area (Å²) in [6.45, 7) is 1.37. The molecule has 0 aliphatic rings. The zero-order valence-electron chi connectivity index (χ0n) is 16.8. The normalized spacial score (nSPS) is 12.2. The highest BCUT2D eigenvalue weighted by molar-refractivity contribution is 6.30. The van der Waals surface area contributed by atoms with E-state index < -0.39 is 23.6 Å². The number of hydrogen-bond donors (Lipinski definition) is 3. The predicted molar refractivity (Wildman–Crippen MR) is 115 cm³/mol. The lowest BCUT2D eigenvalue weighted by Gasteiger charge is -2.18. The van der Waals surface area contributed by atoms with Crippen molar-refractivity contribution < 1.29 is 27.2 Å². The summed E-state index contributed by atoms with van der Waals surface area (Å²) < 4.78 is 45.6. The summed E-state index contributed by atoms with van der Waals surface area (Å²) in [5.41, 5.74) is -0.573. The van der Waals surface area contributed by atoms with Crippen molar-refractivity contribution in [1.29, 1.82) is 0 Å². The summed E-state index contributed by atoms with van der Waals surface area (Å²) in [5.74, 6) is -1.21. The van der Waals surface area contributed by atoms with Crippen LogP contribution in [0.15, 0.2) is 65.3 Å². The number of anilines is 2. The molecule has 32 heavy (non-hydrogen) atoms. The molecule has 3 N–H and O–H groups in total. The van der Waals surface area contributed by atoms with E-state index in [0.717, 1.165) is 17.7 Å². The number of carbonyl (C=O) groups is 2. The lowest BCUT2D eigenvalue weighted by Crippen LogP contribution is -2.32. The minimum absolute atomic E-state index is 0.0350. The Morgan fingerprint density at radius 2 is 1.81 bits per heavy atom. The maximum Gasteiger partial charge on any atom is 0.418 e. The van der Waals surface area contributed by atoms with Crippen molar-refractivity contribution >= 4 is 34.8 Å². The topological polar surface area (TPSA) is 83.4 Å². The van der Waals surface area contributed by atoms with Crippen LogP contribution in [0, 0.1) is 0 Å². The van der Waals surface area contributed by atoms with E-state index in [1.807, 2.05) is 0 Å². The van der Waals surface area contributed by atoms with Crippen LogP contribution in [0.25, 0.3) is 0 Å². The standard InChI is InChI=1S/C22H19ClF3N3O3/c1-13(14-4-6-15(23)7-5-14)28-20(30)12-27-18-9-8-16(11-17(18)22(24,25)26)29-21(31)19-3-2-10-32-19/h2-11,13,27H,12H2,1H3,(H,28,30)(H,29,31). The number of carbonyl (C=O) groups excluding carboxylic acids is 2. The fourth-order valence-electron chi connectivity index (χ4n) is 2.91. The van der Waals surface area contributed by atoms with Gasteiger partial charge in [-0.05, 0) is 55.0 Å². The van der Waals surface area contributed by atoms with Crippen LogP contribution < -0.4 is 16.0 Å². The molecule has 1 unspecified atom stereocenters. The highest BCUT2D eigenvalue weighted by Crippen LogP contribution is 2.36. The largest absolute Gasteiger partial charge is 0.459 e. The number of amides is 2. The number of furan rings is 1. The van der Waals surface area contributed by atoms with E-state index in [1.165, 1.54) is 24.5 Å². The molecule has 1 atom stereocenters. The van der Waals surface area contributed by atoms with E-state index in [1.54, 1.807) is 31.2 Å². The quantitative estimate of drug-likeness (QED) is 0.430. The van der Waals surface area contributed by atoms with Gasteiger partial charge in [-0.15, -0.1) is 0 Å². The molecule has 2 aromatic carbocycles. The number of halogens is 4. The average Bonchev–Trinajstić information content (AvgIpc) is 3.27. The molecular formula is C22H19ClF3N3O3. The second kappa shape index (κ2) is 9.78. The Balaban J connectivity index is 1.66. The monoisotopic (exact) mass is 465 g/mol. The molecule has 0 spiro atoms. The predicted octanol–water partition coefficient (Wildman–Crippen LogP) is 5.49. The van der Waals surface area contributed by atoms with Crippen molar-refractivity contribution in [3.63, 3.8) is 0 Å². The molecule has 0 aliphatic heterocycles. The van der Waals surface area contributed by atoms with Gasteiger partial charge in [-0.25, -0.2) is 0 Å². The summed E-state index contributed by atoms with van der Waals surface area (Å²) >= 11 is 5.84. The minimum Gasteiger partial charge on any atom is -0.459 e. The van der Waals surface area contributed by atoms with Crippen LogP contribution in [-0.2, 0) is 11.0 Å². The van der Waals surface area contributed by atoms with E-state index in [-0.39, 0.29) is 29.7 Å². The molecule has 10 heteroatoms. The number of alkyl halides is 3. The Hall–Kier alpha value is -3.46. The van der Waals surface area contributed by atoms with E-state index in [4.69, 9.17) is 16.0 Å². The van der Waals surface area contributed by atoms with Gasteiger partial charge in [0.1, 0.15) is 0 Å². The van der Waals surface area contributed by atoms with Gasteiger partial charge in [0.2, 0.25) is 5.91 Å². The molecule has 3 rings (SSSR count). The number of hydrogen-bond acceptors (Lipinski definition) is 4. The summed E-state index contributed by atoms with van der Waals surface area (Å²) in [7, 11) is 0. The van der Waals surface area contributed by atoms with Crippen LogP contribution in [0.2, 0.25) is 5.02 Å². The zero-order valence-corrected chi connectivity index (χ0v) is 17.6. The third kappa shape index (κ3) is 6.04. The Bertz CT molecular complexity index is 1080. The van der Waals surface area contributed by atoms with Crippen LogP contribution in [0.4, 0.5) is 24.5 Å². The summed E-state index contributed by atoms with van der Waals surface area (Å²) in [6, 6.07) is 12.6. The van der Waals surface area contributed by atoms with Gasteiger partial charge in [-0.2, -0.15) is 13.2 Å². The molecule has 0 aliphatic carbocycles. The van der Waals surface area contributed by atoms with Gasteiger partial charge in [-0.1, -0.05) is 23.7 Å². The van der Waals surface area contributed by atoms with Crippen molar-refractivity contribution in [1.82, 2.24) is 5.32 Å². The van der Waals surface area contributed by atoms with E-state index in [9.17, 15) is 22.8 Å². The number of rotatable bonds is 7. The van der Waals surface area contributed by atoms with Crippen LogP contribution in [0.5, 0.6) is 0 Å². The summed E-state index contributed by atoms with van der Waals surface area (Å²) in [5, 5.41) is 8.11. The highest BCUT2D eigenvalue weighted by Gasteiger charge is 2.34. The Labute approximate surface area is 186 Å². The lowest BCUT2D eigenvalue weighted by molar-refractivity contribution is -0.137. The van der Waals surface area contributed by atoms with Gasteiger partial charge in [0, 0.05) is 16.4 Å². The molecule has 168 valence electrons. The molecule has 6 nitrogen and oxygen atoms in total. The Morgan fingerprint density at radius 3 is 2.44 bits per heavy atom. The van der Waals surface area contributed by atoms with Gasteiger partial charge < -0.3 is 20.4 Å². The lowest BCUT2D eigenvalue weighted by atomic mass is 10.1. The van der Waals surface area contributed by atoms with Crippen LogP contribution in [0.1, 0.15) is 34.6 Å². The van der Waals surface area contributed by atoms with Crippen molar-refractivity contribution in [2.24, 2.45) is 0 Å². The second-order valence-corrected chi connectivity index (χ2v) is 7.32. The first-order valence-electron chi connectivity index (χ1n) is 9.48. The summed E-state index contributed by atoms with van der Waals surface area (Å²) in [6.07, 6.45) is -3.43. The summed E-state index contributed by atoms with van der Waals surface area (Å²) in [4.78, 5) is 24.2. The third-order valence-electron chi connectivity index (χ3n) is 4.51. The smallest absolute Gasteiger partial charge is 0.418 e. The number of nitrogens with one attached hydrogen (secondary N) is 3. The molecular weight excluding hydrogens is 447 g/mol. The first-order chi connectivity index (χ1) is 15.1. The third-order valence-corrected chi connectivity index (χ3v) is 4.77. The molecule has 0 fully saturated rings. The van der Waals surface area contributed by atoms with Gasteiger partial charge in [0.15, 0.2) is 5.76 Å². The first-order valence-corrected chi connectivity index (χ1v) is 9.86. The molecule has 0 saturated carbocycles. The SMILES string of the molecule is CC(NC(=O)CNc1ccc(NC(=O)c2ccco2)cc1C(F)(F)F)c1ccc(Cl)cc1. The average molecular weight is 466 g/mol. The second-order valence-electron chi connectivity index (χ2n) is 6.88.